The molecule has 0 bridgehead atoms. The lowest BCUT2D eigenvalue weighted by Gasteiger charge is -2.33. The van der Waals surface area contributed by atoms with Gasteiger partial charge in [-0.15, -0.1) is 0 Å². The van der Waals surface area contributed by atoms with E-state index in [1.807, 2.05) is 0 Å². The fourth-order valence-electron chi connectivity index (χ4n) is 2.57. The molecule has 0 heterocycles. The summed E-state index contributed by atoms with van der Waals surface area (Å²) in [6.45, 7) is 5.06. The highest BCUT2D eigenvalue weighted by Gasteiger charge is 2.23. The molecule has 0 N–H and O–H groups in total. The first kappa shape index (κ1) is 12.7. The number of ketones is 1. The van der Waals surface area contributed by atoms with E-state index in [4.69, 9.17) is 0 Å². The first-order valence-corrected chi connectivity index (χ1v) is 6.35. The van der Waals surface area contributed by atoms with Gasteiger partial charge in [-0.2, -0.15) is 0 Å². The van der Waals surface area contributed by atoms with Gasteiger partial charge in [0.2, 0.25) is 0 Å². The van der Waals surface area contributed by atoms with Crippen LogP contribution in [-0.2, 0) is 4.79 Å². The third-order valence-electron chi connectivity index (χ3n) is 3.49. The van der Waals surface area contributed by atoms with Crippen molar-refractivity contribution in [2.45, 2.75) is 58.4 Å². The summed E-state index contributed by atoms with van der Waals surface area (Å²) in [4.78, 5) is 13.8. The average molecular weight is 211 g/mol. The minimum Gasteiger partial charge on any atom is -0.298 e. The molecule has 15 heavy (non-hydrogen) atoms. The quantitative estimate of drug-likeness (QED) is 0.697. The normalized spacial score (nSPS) is 26.9. The van der Waals surface area contributed by atoms with Crippen LogP contribution in [0.15, 0.2) is 0 Å². The van der Waals surface area contributed by atoms with Crippen LogP contribution >= 0.6 is 0 Å². The Morgan fingerprint density at radius 3 is 2.73 bits per heavy atom. The van der Waals surface area contributed by atoms with Crippen molar-refractivity contribution in [1.82, 2.24) is 4.90 Å². The van der Waals surface area contributed by atoms with Crippen molar-refractivity contribution in [3.8, 4) is 0 Å². The molecule has 0 aromatic carbocycles. The zero-order valence-corrected chi connectivity index (χ0v) is 10.5. The number of carbonyl (C=O) groups excluding carboxylic acids is 1. The van der Waals surface area contributed by atoms with Gasteiger partial charge in [0.25, 0.3) is 0 Å². The van der Waals surface area contributed by atoms with Gasteiger partial charge in [0, 0.05) is 12.5 Å². The molecule has 2 atom stereocenters. The van der Waals surface area contributed by atoms with Gasteiger partial charge in [0.15, 0.2) is 0 Å². The Morgan fingerprint density at radius 2 is 2.13 bits per heavy atom. The van der Waals surface area contributed by atoms with Crippen molar-refractivity contribution in [2.24, 2.45) is 5.92 Å². The zero-order chi connectivity index (χ0) is 11.3. The fourth-order valence-corrected chi connectivity index (χ4v) is 2.57. The van der Waals surface area contributed by atoms with Crippen LogP contribution in [0.2, 0.25) is 0 Å². The number of Topliss-reactive ketones (excluding diaryl/α,β-unsaturated/α-hetero) is 1. The van der Waals surface area contributed by atoms with Crippen molar-refractivity contribution in [3.05, 3.63) is 0 Å². The van der Waals surface area contributed by atoms with E-state index in [0.29, 0.717) is 18.4 Å². The molecule has 0 aromatic heterocycles. The fraction of sp³-hybridized carbons (Fsp3) is 0.923. The van der Waals surface area contributed by atoms with Crippen LogP contribution in [0.3, 0.4) is 0 Å². The van der Waals surface area contributed by atoms with E-state index < -0.39 is 0 Å². The summed E-state index contributed by atoms with van der Waals surface area (Å²) in [5.41, 5.74) is 0. The molecule has 2 unspecified atom stereocenters. The average Bonchev–Trinajstić information content (AvgIpc) is 2.18. The van der Waals surface area contributed by atoms with Crippen molar-refractivity contribution in [2.75, 3.05) is 13.6 Å². The van der Waals surface area contributed by atoms with Crippen molar-refractivity contribution in [3.63, 3.8) is 0 Å². The smallest absolute Gasteiger partial charge is 0.146 e. The van der Waals surface area contributed by atoms with E-state index in [1.54, 1.807) is 0 Å². The van der Waals surface area contributed by atoms with Gasteiger partial charge in [0.05, 0.1) is 6.54 Å². The Balaban J connectivity index is 2.32. The minimum atomic E-state index is 0.401. The summed E-state index contributed by atoms with van der Waals surface area (Å²) < 4.78 is 0. The van der Waals surface area contributed by atoms with Gasteiger partial charge in [-0.25, -0.2) is 0 Å². The summed E-state index contributed by atoms with van der Waals surface area (Å²) in [7, 11) is 2.11. The van der Waals surface area contributed by atoms with Crippen LogP contribution in [0, 0.1) is 5.92 Å². The van der Waals surface area contributed by atoms with E-state index in [1.165, 1.54) is 25.7 Å². The summed E-state index contributed by atoms with van der Waals surface area (Å²) in [5.74, 6) is 1.24. The van der Waals surface area contributed by atoms with Crippen LogP contribution < -0.4 is 0 Å². The lowest BCUT2D eigenvalue weighted by Crippen LogP contribution is -2.38. The van der Waals surface area contributed by atoms with E-state index in [2.05, 4.69) is 25.8 Å². The first-order chi connectivity index (χ1) is 7.13. The second-order valence-corrected chi connectivity index (χ2v) is 5.13. The Bertz CT molecular complexity index is 203. The number of rotatable bonds is 5. The minimum absolute atomic E-state index is 0.401. The van der Waals surface area contributed by atoms with Crippen molar-refractivity contribution in [1.29, 1.82) is 0 Å². The molecule has 0 aliphatic heterocycles. The Hall–Kier alpha value is -0.370. The number of nitrogens with zero attached hydrogens (tertiary/aromatic N) is 1. The van der Waals surface area contributed by atoms with Gasteiger partial charge < -0.3 is 0 Å². The monoisotopic (exact) mass is 211 g/mol. The third-order valence-corrected chi connectivity index (χ3v) is 3.49. The maximum absolute atomic E-state index is 11.5. The lowest BCUT2D eigenvalue weighted by atomic mass is 9.86. The van der Waals surface area contributed by atoms with Crippen LogP contribution in [0.5, 0.6) is 0 Å². The maximum Gasteiger partial charge on any atom is 0.146 e. The van der Waals surface area contributed by atoms with E-state index in [0.717, 1.165) is 18.8 Å². The van der Waals surface area contributed by atoms with Crippen LogP contribution in [0.25, 0.3) is 0 Å². The molecular formula is C13H25NO. The summed E-state index contributed by atoms with van der Waals surface area (Å²) >= 11 is 0. The highest BCUT2D eigenvalue weighted by molar-refractivity contribution is 5.80. The molecule has 2 heteroatoms. The third kappa shape index (κ3) is 4.33. The molecule has 88 valence electrons. The second-order valence-electron chi connectivity index (χ2n) is 5.13. The topological polar surface area (TPSA) is 20.3 Å². The van der Waals surface area contributed by atoms with Gasteiger partial charge in [-0.3, -0.25) is 9.69 Å². The SMILES string of the molecule is CCCC(=O)CN(C)C1CCCC(C)C1. The summed E-state index contributed by atoms with van der Waals surface area (Å²) in [5, 5.41) is 0. The molecule has 2 nitrogen and oxygen atoms in total. The van der Waals surface area contributed by atoms with Crippen LogP contribution in [0.1, 0.15) is 52.4 Å². The Kier molecular flexibility index (Phi) is 5.30. The lowest BCUT2D eigenvalue weighted by molar-refractivity contribution is -0.120. The molecule has 0 radical (unpaired) electrons. The molecule has 0 aromatic rings. The van der Waals surface area contributed by atoms with E-state index >= 15 is 0 Å². The van der Waals surface area contributed by atoms with Gasteiger partial charge in [0.1, 0.15) is 5.78 Å². The molecule has 0 saturated heterocycles. The molecule has 0 spiro atoms. The Labute approximate surface area is 94.0 Å². The maximum atomic E-state index is 11.5. The summed E-state index contributed by atoms with van der Waals surface area (Å²) in [6.07, 6.45) is 6.97. The molecule has 1 aliphatic rings. The number of likely N-dealkylation sites (N-methyl/N-ethyl adjacent to an activating group) is 1. The Morgan fingerprint density at radius 1 is 1.40 bits per heavy atom. The zero-order valence-electron chi connectivity index (χ0n) is 10.5. The molecule has 1 rings (SSSR count). The highest BCUT2D eigenvalue weighted by atomic mass is 16.1. The van der Waals surface area contributed by atoms with Crippen molar-refractivity contribution < 1.29 is 4.79 Å². The number of hydrogen-bond acceptors (Lipinski definition) is 2. The van der Waals surface area contributed by atoms with Crippen molar-refractivity contribution >= 4 is 5.78 Å². The molecule has 0 amide bonds. The van der Waals surface area contributed by atoms with Crippen LogP contribution in [-0.4, -0.2) is 30.3 Å². The van der Waals surface area contributed by atoms with Crippen LogP contribution in [0.4, 0.5) is 0 Å². The largest absolute Gasteiger partial charge is 0.298 e. The van der Waals surface area contributed by atoms with E-state index in [-0.39, 0.29) is 0 Å². The van der Waals surface area contributed by atoms with Gasteiger partial charge in [-0.1, -0.05) is 26.7 Å². The summed E-state index contributed by atoms with van der Waals surface area (Å²) in [6, 6.07) is 0.648. The number of hydrogen-bond donors (Lipinski definition) is 0. The van der Waals surface area contributed by atoms with Gasteiger partial charge in [-0.05, 0) is 32.2 Å². The molecule has 1 saturated carbocycles. The number of carbonyl (C=O) groups is 1. The molecule has 1 aliphatic carbocycles. The molecule has 1 fully saturated rings. The predicted octanol–water partition coefficient (Wildman–Crippen LogP) is 2.87. The molecular weight excluding hydrogens is 186 g/mol. The van der Waals surface area contributed by atoms with E-state index in [9.17, 15) is 4.79 Å². The standard InChI is InChI=1S/C13H25NO/c1-4-6-13(15)10-14(3)12-8-5-7-11(2)9-12/h11-12H,4-10H2,1-3H3. The first-order valence-electron chi connectivity index (χ1n) is 6.35. The predicted molar refractivity (Wildman–Crippen MR) is 64.0 cm³/mol. The van der Waals surface area contributed by atoms with Gasteiger partial charge >= 0.3 is 0 Å². The highest BCUT2D eigenvalue weighted by Crippen LogP contribution is 2.26. The second kappa shape index (κ2) is 6.26.